The third-order valence-corrected chi connectivity index (χ3v) is 5.22. The maximum Gasteiger partial charge on any atom is 0.405 e. The first-order valence-corrected chi connectivity index (χ1v) is 10.9. The monoisotopic (exact) mass is 521 g/mol. The zero-order valence-electron chi connectivity index (χ0n) is 19.5. The van der Waals surface area contributed by atoms with Crippen molar-refractivity contribution >= 4 is 28.8 Å². The number of nitrogens with zero attached hydrogens (tertiary/aromatic N) is 3. The van der Waals surface area contributed by atoms with Gasteiger partial charge >= 0.3 is 12.2 Å². The summed E-state index contributed by atoms with van der Waals surface area (Å²) in [4.78, 5) is 21.8. The summed E-state index contributed by atoms with van der Waals surface area (Å²) in [7, 11) is 1.52. The topological polar surface area (TPSA) is 127 Å². The van der Waals surface area contributed by atoms with Crippen LogP contribution in [0.2, 0.25) is 0 Å². The molecule has 0 bridgehead atoms. The summed E-state index contributed by atoms with van der Waals surface area (Å²) >= 11 is 0. The molecule has 2 aromatic rings. The van der Waals surface area contributed by atoms with Crippen LogP contribution in [0, 0.1) is 5.82 Å². The van der Waals surface area contributed by atoms with E-state index >= 15 is 0 Å². The molecule has 0 saturated carbocycles. The first-order valence-electron chi connectivity index (χ1n) is 10.9. The molecule has 2 aliphatic heterocycles. The van der Waals surface area contributed by atoms with Gasteiger partial charge in [-0.3, -0.25) is 0 Å². The number of anilines is 2. The van der Waals surface area contributed by atoms with Crippen molar-refractivity contribution in [2.24, 2.45) is 0 Å². The second-order valence-electron chi connectivity index (χ2n) is 7.92. The highest BCUT2D eigenvalue weighted by Crippen LogP contribution is 2.34. The highest BCUT2D eigenvalue weighted by Gasteiger charge is 2.29. The van der Waals surface area contributed by atoms with Crippen LogP contribution in [-0.4, -0.2) is 60.1 Å². The van der Waals surface area contributed by atoms with Gasteiger partial charge in [0, 0.05) is 42.4 Å². The molecule has 0 radical (unpaired) electrons. The molecule has 37 heavy (non-hydrogen) atoms. The van der Waals surface area contributed by atoms with E-state index < -0.39 is 24.6 Å². The van der Waals surface area contributed by atoms with Crippen LogP contribution in [0.3, 0.4) is 0 Å². The van der Waals surface area contributed by atoms with E-state index in [1.807, 2.05) is 11.0 Å². The van der Waals surface area contributed by atoms with E-state index in [9.17, 15) is 22.4 Å². The number of allylic oxidation sites excluding steroid dienone is 2. The number of amides is 2. The Morgan fingerprint density at radius 3 is 2.81 bits per heavy atom. The van der Waals surface area contributed by atoms with Crippen molar-refractivity contribution in [3.05, 3.63) is 66.2 Å². The molecular weight excluding hydrogens is 498 g/mol. The Labute approximate surface area is 208 Å². The van der Waals surface area contributed by atoms with Crippen LogP contribution < -0.4 is 26.4 Å². The molecule has 0 saturated heterocycles. The fourth-order valence-electron chi connectivity index (χ4n) is 3.56. The van der Waals surface area contributed by atoms with Crippen molar-refractivity contribution < 1.29 is 31.8 Å². The lowest BCUT2D eigenvalue weighted by Gasteiger charge is -2.27. The molecular formula is C23H23F4N7O3. The van der Waals surface area contributed by atoms with Gasteiger partial charge in [-0.25, -0.2) is 19.2 Å². The Hall–Kier alpha value is -4.33. The summed E-state index contributed by atoms with van der Waals surface area (Å²) in [5.74, 6) is -0.338. The second kappa shape index (κ2) is 10.7. The van der Waals surface area contributed by atoms with Crippen molar-refractivity contribution in [1.29, 1.82) is 0 Å². The Kier molecular flexibility index (Phi) is 7.47. The molecule has 1 unspecified atom stereocenters. The first-order chi connectivity index (χ1) is 17.6. The summed E-state index contributed by atoms with van der Waals surface area (Å²) in [6.07, 6.45) is 3.16. The third-order valence-electron chi connectivity index (χ3n) is 5.22. The maximum atomic E-state index is 13.4. The van der Waals surface area contributed by atoms with Crippen molar-refractivity contribution in [2.45, 2.75) is 12.3 Å². The molecule has 5 N–H and O–H groups in total. The molecule has 1 aromatic heterocycles. The predicted octanol–water partition coefficient (Wildman–Crippen LogP) is 3.05. The van der Waals surface area contributed by atoms with Crippen molar-refractivity contribution in [3.63, 3.8) is 0 Å². The predicted molar refractivity (Wildman–Crippen MR) is 127 cm³/mol. The van der Waals surface area contributed by atoms with Gasteiger partial charge in [0.05, 0.1) is 18.5 Å². The van der Waals surface area contributed by atoms with E-state index in [1.165, 1.54) is 13.2 Å². The molecule has 4 rings (SSSR count). The van der Waals surface area contributed by atoms with Crippen LogP contribution in [0.1, 0.15) is 11.4 Å². The molecule has 1 aromatic carbocycles. The number of rotatable bonds is 8. The van der Waals surface area contributed by atoms with Gasteiger partial charge in [-0.1, -0.05) is 0 Å². The minimum Gasteiger partial charge on any atom is -0.491 e. The molecule has 3 heterocycles. The number of methoxy groups -OCH3 is 1. The standard InChI is InChI=1S/C23H23F4N7O3/c1-36-4-5-37-16-7-14(6-15(9-16)32-22(35)31-12-23(25,26)27)18-11-29-19-8-13(2-3-34(18)19)21-30-10-17(24)20(28)33-21/h2-3,6-11,19,29H,4-5,12H2,1H3,(H2,28,30,33)(H2,31,32,35). The van der Waals surface area contributed by atoms with Gasteiger partial charge in [0.1, 0.15) is 25.1 Å². The largest absolute Gasteiger partial charge is 0.491 e. The zero-order valence-corrected chi connectivity index (χ0v) is 19.5. The van der Waals surface area contributed by atoms with Crippen LogP contribution in [0.15, 0.2) is 48.9 Å². The lowest BCUT2D eigenvalue weighted by molar-refractivity contribution is -0.122. The molecule has 196 valence electrons. The smallest absolute Gasteiger partial charge is 0.405 e. The van der Waals surface area contributed by atoms with Crippen molar-refractivity contribution in [3.8, 4) is 5.75 Å². The van der Waals surface area contributed by atoms with E-state index in [-0.39, 0.29) is 30.1 Å². The number of alkyl halides is 3. The number of ether oxygens (including phenoxy) is 2. The van der Waals surface area contributed by atoms with Gasteiger partial charge in [0.15, 0.2) is 17.5 Å². The quantitative estimate of drug-likeness (QED) is 0.309. The lowest BCUT2D eigenvalue weighted by atomic mass is 10.1. The summed E-state index contributed by atoms with van der Waals surface area (Å²) in [5, 5.41) is 7.36. The van der Waals surface area contributed by atoms with Gasteiger partial charge in [-0.15, -0.1) is 0 Å². The maximum absolute atomic E-state index is 13.4. The van der Waals surface area contributed by atoms with E-state index in [4.69, 9.17) is 15.2 Å². The number of carbonyl (C=O) groups is 1. The average Bonchev–Trinajstić information content (AvgIpc) is 3.27. The number of fused-ring (bicyclic) bond motifs is 1. The van der Waals surface area contributed by atoms with E-state index in [0.717, 1.165) is 6.20 Å². The van der Waals surface area contributed by atoms with Crippen LogP contribution in [0.4, 0.5) is 33.9 Å². The van der Waals surface area contributed by atoms with Gasteiger partial charge in [-0.2, -0.15) is 13.2 Å². The highest BCUT2D eigenvalue weighted by atomic mass is 19.4. The number of nitrogens with one attached hydrogen (secondary N) is 3. The number of urea groups is 1. The third kappa shape index (κ3) is 6.46. The highest BCUT2D eigenvalue weighted by molar-refractivity contribution is 5.90. The Morgan fingerprint density at radius 1 is 1.27 bits per heavy atom. The first kappa shape index (κ1) is 25.8. The van der Waals surface area contributed by atoms with Crippen LogP contribution in [0.25, 0.3) is 11.3 Å². The van der Waals surface area contributed by atoms with E-state index in [0.29, 0.717) is 29.2 Å². The van der Waals surface area contributed by atoms with Gasteiger partial charge in [0.25, 0.3) is 0 Å². The van der Waals surface area contributed by atoms with Crippen LogP contribution in [-0.2, 0) is 4.74 Å². The van der Waals surface area contributed by atoms with E-state index in [2.05, 4.69) is 20.6 Å². The van der Waals surface area contributed by atoms with Gasteiger partial charge in [-0.05, 0) is 24.3 Å². The molecule has 0 aliphatic carbocycles. The number of carbonyl (C=O) groups excluding carboxylic acids is 1. The fourth-order valence-corrected chi connectivity index (χ4v) is 3.56. The molecule has 14 heteroatoms. The molecule has 2 amide bonds. The molecule has 0 fully saturated rings. The van der Waals surface area contributed by atoms with Crippen LogP contribution in [0.5, 0.6) is 5.75 Å². The molecule has 2 aliphatic rings. The second-order valence-corrected chi connectivity index (χ2v) is 7.92. The number of nitrogen functional groups attached to an aromatic ring is 1. The minimum atomic E-state index is -4.54. The van der Waals surface area contributed by atoms with Crippen LogP contribution >= 0.6 is 0 Å². The average molecular weight is 521 g/mol. The van der Waals surface area contributed by atoms with Gasteiger partial charge in [0.2, 0.25) is 0 Å². The Morgan fingerprint density at radius 2 is 2.08 bits per heavy atom. The summed E-state index contributed by atoms with van der Waals surface area (Å²) in [6.45, 7) is -0.941. The number of aromatic nitrogens is 2. The minimum absolute atomic E-state index is 0.218. The number of hydrogen-bond acceptors (Lipinski definition) is 8. The number of benzene rings is 1. The zero-order chi connectivity index (χ0) is 26.6. The normalized spacial score (nSPS) is 16.5. The summed E-state index contributed by atoms with van der Waals surface area (Å²) in [5.41, 5.74) is 7.70. The molecule has 0 spiro atoms. The lowest BCUT2D eigenvalue weighted by Crippen LogP contribution is -2.36. The fraction of sp³-hybridized carbons (Fsp3) is 0.261. The van der Waals surface area contributed by atoms with Gasteiger partial charge < -0.3 is 36.1 Å². The number of halogens is 4. The Bertz CT molecular complexity index is 1260. The Balaban J connectivity index is 1.54. The SMILES string of the molecule is COCCOc1cc(NC(=O)NCC(F)(F)F)cc(C2=CNC3C=C(c4ncc(F)c(N)n4)C=CN23)c1. The van der Waals surface area contributed by atoms with Crippen molar-refractivity contribution in [1.82, 2.24) is 25.5 Å². The number of nitrogens with two attached hydrogens (primary N) is 1. The summed E-state index contributed by atoms with van der Waals surface area (Å²) in [6, 6.07) is 3.80. The number of hydrogen-bond donors (Lipinski definition) is 4. The molecule has 1 atom stereocenters. The van der Waals surface area contributed by atoms with Crippen molar-refractivity contribution in [2.75, 3.05) is 37.9 Å². The molecule has 10 nitrogen and oxygen atoms in total. The van der Waals surface area contributed by atoms with E-state index in [1.54, 1.807) is 35.9 Å². The summed E-state index contributed by atoms with van der Waals surface area (Å²) < 4.78 is 61.5.